The van der Waals surface area contributed by atoms with Gasteiger partial charge < -0.3 is 16.0 Å². The van der Waals surface area contributed by atoms with Gasteiger partial charge in [-0.2, -0.15) is 0 Å². The van der Waals surface area contributed by atoms with Gasteiger partial charge in [-0.3, -0.25) is 14.7 Å². The highest BCUT2D eigenvalue weighted by Crippen LogP contribution is 1.97. The molecule has 1 aliphatic rings. The smallest absolute Gasteiger partial charge is 0.324 e. The Bertz CT molecular complexity index is 338. The van der Waals surface area contributed by atoms with Gasteiger partial charge in [0.15, 0.2) is 5.96 Å². The van der Waals surface area contributed by atoms with E-state index in [1.54, 1.807) is 0 Å². The number of hydrogen-bond donors (Lipinski definition) is 3. The molecule has 1 rings (SSSR count). The van der Waals surface area contributed by atoms with Gasteiger partial charge in [0.05, 0.1) is 6.54 Å². The van der Waals surface area contributed by atoms with Crippen molar-refractivity contribution in [3.05, 3.63) is 0 Å². The van der Waals surface area contributed by atoms with E-state index < -0.39 is 0 Å². The maximum atomic E-state index is 11.4. The summed E-state index contributed by atoms with van der Waals surface area (Å²) in [6.45, 7) is 8.62. The fourth-order valence-corrected chi connectivity index (χ4v) is 1.58. The van der Waals surface area contributed by atoms with Crippen molar-refractivity contribution in [3.63, 3.8) is 0 Å². The van der Waals surface area contributed by atoms with Gasteiger partial charge in [0, 0.05) is 26.2 Å². The van der Waals surface area contributed by atoms with Crippen LogP contribution in [0.3, 0.4) is 0 Å². The lowest BCUT2D eigenvalue weighted by atomic mass is 10.2. The number of rotatable bonds is 6. The zero-order valence-electron chi connectivity index (χ0n) is 11.8. The van der Waals surface area contributed by atoms with Crippen LogP contribution in [0.2, 0.25) is 0 Å². The molecule has 0 saturated carbocycles. The molecule has 1 heterocycles. The van der Waals surface area contributed by atoms with Crippen molar-refractivity contribution >= 4 is 17.9 Å². The lowest BCUT2D eigenvalue weighted by Gasteiger charge is -2.15. The molecule has 3 amide bonds. The largest absolute Gasteiger partial charge is 0.357 e. The Kier molecular flexibility index (Phi) is 6.11. The summed E-state index contributed by atoms with van der Waals surface area (Å²) in [5, 5.41) is 8.72. The summed E-state index contributed by atoms with van der Waals surface area (Å²) in [5.41, 5.74) is 0. The van der Waals surface area contributed by atoms with Gasteiger partial charge in [-0.1, -0.05) is 13.8 Å². The Morgan fingerprint density at radius 3 is 2.68 bits per heavy atom. The van der Waals surface area contributed by atoms with Crippen LogP contribution < -0.4 is 16.0 Å². The summed E-state index contributed by atoms with van der Waals surface area (Å²) in [6, 6.07) is -0.323. The molecule has 1 aliphatic heterocycles. The van der Waals surface area contributed by atoms with E-state index in [9.17, 15) is 9.59 Å². The van der Waals surface area contributed by atoms with Crippen LogP contribution in [0.5, 0.6) is 0 Å². The summed E-state index contributed by atoms with van der Waals surface area (Å²) >= 11 is 0. The van der Waals surface area contributed by atoms with Crippen molar-refractivity contribution in [3.8, 4) is 0 Å². The molecular weight excluding hydrogens is 246 g/mol. The van der Waals surface area contributed by atoms with Crippen LogP contribution in [0.25, 0.3) is 0 Å². The molecule has 7 nitrogen and oxygen atoms in total. The second-order valence-electron chi connectivity index (χ2n) is 4.74. The van der Waals surface area contributed by atoms with Crippen LogP contribution in [0.4, 0.5) is 4.79 Å². The highest BCUT2D eigenvalue weighted by atomic mass is 16.2. The third-order valence-corrected chi connectivity index (χ3v) is 2.52. The maximum Gasteiger partial charge on any atom is 0.324 e. The first-order valence-electron chi connectivity index (χ1n) is 6.65. The van der Waals surface area contributed by atoms with Gasteiger partial charge >= 0.3 is 6.03 Å². The van der Waals surface area contributed by atoms with E-state index >= 15 is 0 Å². The third-order valence-electron chi connectivity index (χ3n) is 2.52. The fraction of sp³-hybridized carbons (Fsp3) is 0.750. The van der Waals surface area contributed by atoms with E-state index in [4.69, 9.17) is 0 Å². The molecular formula is C12H23N5O2. The fourth-order valence-electron chi connectivity index (χ4n) is 1.58. The summed E-state index contributed by atoms with van der Waals surface area (Å²) in [5.74, 6) is 1.01. The second kappa shape index (κ2) is 7.60. The standard InChI is InChI=1S/C12H23N5O2/c1-4-13-11(15-7-9(2)3)14-5-6-17-10(18)8-16-12(17)19/h9H,4-8H2,1-3H3,(H,16,19)(H2,13,14,15). The second-order valence-corrected chi connectivity index (χ2v) is 4.74. The van der Waals surface area contributed by atoms with Crippen LogP contribution in [0.15, 0.2) is 4.99 Å². The van der Waals surface area contributed by atoms with Crippen molar-refractivity contribution in [2.45, 2.75) is 20.8 Å². The van der Waals surface area contributed by atoms with Crippen LogP contribution in [-0.2, 0) is 4.79 Å². The number of hydrogen-bond acceptors (Lipinski definition) is 3. The minimum atomic E-state index is -0.323. The molecule has 0 aromatic heterocycles. The molecule has 0 aliphatic carbocycles. The molecule has 0 aromatic carbocycles. The number of nitrogens with zero attached hydrogens (tertiary/aromatic N) is 2. The van der Waals surface area contributed by atoms with Gasteiger partial charge in [-0.15, -0.1) is 0 Å². The van der Waals surface area contributed by atoms with E-state index in [1.165, 1.54) is 4.90 Å². The van der Waals surface area contributed by atoms with Crippen molar-refractivity contribution in [1.82, 2.24) is 20.9 Å². The zero-order chi connectivity index (χ0) is 14.3. The normalized spacial score (nSPS) is 16.0. The van der Waals surface area contributed by atoms with E-state index in [1.807, 2.05) is 6.92 Å². The van der Waals surface area contributed by atoms with E-state index in [-0.39, 0.29) is 18.5 Å². The number of carbonyl (C=O) groups excluding carboxylic acids is 2. The quantitative estimate of drug-likeness (QED) is 0.352. The molecule has 1 saturated heterocycles. The zero-order valence-corrected chi connectivity index (χ0v) is 11.8. The highest BCUT2D eigenvalue weighted by Gasteiger charge is 2.27. The number of amides is 3. The summed E-state index contributed by atoms with van der Waals surface area (Å²) in [4.78, 5) is 28.3. The van der Waals surface area contributed by atoms with Crippen LogP contribution in [0, 0.1) is 5.92 Å². The van der Waals surface area contributed by atoms with Crippen molar-refractivity contribution in [2.75, 3.05) is 32.7 Å². The summed E-state index contributed by atoms with van der Waals surface area (Å²) < 4.78 is 0. The van der Waals surface area contributed by atoms with Gasteiger partial charge in [0.2, 0.25) is 5.91 Å². The van der Waals surface area contributed by atoms with E-state index in [0.717, 1.165) is 13.1 Å². The first-order chi connectivity index (χ1) is 9.04. The van der Waals surface area contributed by atoms with Crippen LogP contribution in [-0.4, -0.2) is 55.5 Å². The molecule has 0 spiro atoms. The predicted molar refractivity (Wildman–Crippen MR) is 73.9 cm³/mol. The Labute approximate surface area is 113 Å². The summed E-state index contributed by atoms with van der Waals surface area (Å²) in [6.07, 6.45) is 0. The van der Waals surface area contributed by atoms with Gasteiger partial charge in [-0.05, 0) is 12.8 Å². The highest BCUT2D eigenvalue weighted by molar-refractivity contribution is 6.01. The molecule has 0 bridgehead atoms. The molecule has 1 fully saturated rings. The number of urea groups is 1. The lowest BCUT2D eigenvalue weighted by molar-refractivity contribution is -0.124. The van der Waals surface area contributed by atoms with Gasteiger partial charge in [0.1, 0.15) is 0 Å². The minimum Gasteiger partial charge on any atom is -0.357 e. The molecule has 108 valence electrons. The lowest BCUT2D eigenvalue weighted by Crippen LogP contribution is -2.43. The number of aliphatic imine (C=N–C) groups is 1. The Hall–Kier alpha value is -1.79. The molecule has 19 heavy (non-hydrogen) atoms. The predicted octanol–water partition coefficient (Wildman–Crippen LogP) is -0.251. The van der Waals surface area contributed by atoms with Crippen LogP contribution in [0.1, 0.15) is 20.8 Å². The van der Waals surface area contributed by atoms with Crippen LogP contribution >= 0.6 is 0 Å². The average Bonchev–Trinajstić information content (AvgIpc) is 2.67. The van der Waals surface area contributed by atoms with E-state index in [0.29, 0.717) is 25.0 Å². The molecule has 0 aromatic rings. The first kappa shape index (κ1) is 15.3. The molecule has 0 unspecified atom stereocenters. The summed E-state index contributed by atoms with van der Waals surface area (Å²) in [7, 11) is 0. The van der Waals surface area contributed by atoms with Crippen molar-refractivity contribution < 1.29 is 9.59 Å². The monoisotopic (exact) mass is 269 g/mol. The molecule has 3 N–H and O–H groups in total. The SMILES string of the molecule is CCNC(=NCC(C)C)NCCN1C(=O)CNC1=O. The molecule has 7 heteroatoms. The number of imide groups is 1. The minimum absolute atomic E-state index is 0.0976. The first-order valence-corrected chi connectivity index (χ1v) is 6.65. The van der Waals surface area contributed by atoms with Gasteiger partial charge in [-0.25, -0.2) is 4.79 Å². The number of guanidine groups is 1. The van der Waals surface area contributed by atoms with E-state index in [2.05, 4.69) is 34.8 Å². The molecule has 0 radical (unpaired) electrons. The average molecular weight is 269 g/mol. The topological polar surface area (TPSA) is 85.8 Å². The number of carbonyl (C=O) groups is 2. The van der Waals surface area contributed by atoms with Crippen molar-refractivity contribution in [1.29, 1.82) is 0 Å². The Morgan fingerprint density at radius 1 is 1.42 bits per heavy atom. The maximum absolute atomic E-state index is 11.4. The van der Waals surface area contributed by atoms with Crippen molar-refractivity contribution in [2.24, 2.45) is 10.9 Å². The van der Waals surface area contributed by atoms with Gasteiger partial charge in [0.25, 0.3) is 0 Å². The third kappa shape index (κ3) is 5.15. The Balaban J connectivity index is 2.37. The molecule has 0 atom stereocenters. The Morgan fingerprint density at radius 2 is 2.16 bits per heavy atom. The number of nitrogens with one attached hydrogen (secondary N) is 3.